The number of aliphatic hydroxyl groups excluding tert-OH is 1. The topological polar surface area (TPSA) is 105 Å². The van der Waals surface area contributed by atoms with E-state index < -0.39 is 40.9 Å². The second kappa shape index (κ2) is 9.18. The van der Waals surface area contributed by atoms with Gasteiger partial charge in [-0.25, -0.2) is 4.39 Å². The third-order valence-electron chi connectivity index (χ3n) is 3.80. The molecule has 6 nitrogen and oxygen atoms in total. The van der Waals surface area contributed by atoms with Crippen LogP contribution < -0.4 is 10.5 Å². The van der Waals surface area contributed by atoms with Gasteiger partial charge in [0.25, 0.3) is 5.91 Å². The van der Waals surface area contributed by atoms with E-state index in [-0.39, 0.29) is 5.56 Å². The van der Waals surface area contributed by atoms with Gasteiger partial charge in [0.1, 0.15) is 12.8 Å². The Kier molecular flexibility index (Phi) is 7.17. The van der Waals surface area contributed by atoms with Crippen molar-refractivity contribution in [2.45, 2.75) is 18.6 Å². The van der Waals surface area contributed by atoms with Crippen LogP contribution in [0.5, 0.6) is 0 Å². The van der Waals surface area contributed by atoms with E-state index in [1.54, 1.807) is 35.8 Å². The summed E-state index contributed by atoms with van der Waals surface area (Å²) >= 11 is 0. The summed E-state index contributed by atoms with van der Waals surface area (Å²) in [5, 5.41) is 18.8. The van der Waals surface area contributed by atoms with Gasteiger partial charge < -0.3 is 10.4 Å². The van der Waals surface area contributed by atoms with E-state index in [4.69, 9.17) is 5.14 Å². The van der Waals surface area contributed by atoms with Gasteiger partial charge in [-0.3, -0.25) is 19.1 Å². The highest BCUT2D eigenvalue weighted by Crippen LogP contribution is 2.23. The molecule has 0 radical (unpaired) electrons. The Bertz CT molecular complexity index is 919. The summed E-state index contributed by atoms with van der Waals surface area (Å²) in [4.78, 5) is 15.2. The van der Waals surface area contributed by atoms with Crippen molar-refractivity contribution in [3.63, 3.8) is 0 Å². The first-order chi connectivity index (χ1) is 13.1. The molecule has 1 aromatic heterocycles. The fourth-order valence-corrected chi connectivity index (χ4v) is 3.06. The molecule has 4 N–H and O–H groups in total. The first-order valence-electron chi connectivity index (χ1n) is 8.11. The van der Waals surface area contributed by atoms with Crippen molar-refractivity contribution in [2.24, 2.45) is 5.14 Å². The standard InChI is InChI=1S/C18H20F3N3O3S/c1-28(22,27)10-14-7-6-13(9-23-14)11-2-4-12(5-3-11)16(25)15(8-19)24-18(26)17(20)21/h2-7,9-10,15-17,25H,8H2,1H3,(H2,22,27)(H,24,26). The molecule has 0 saturated heterocycles. The Morgan fingerprint density at radius 1 is 1.25 bits per heavy atom. The second-order valence-electron chi connectivity index (χ2n) is 6.19. The molecule has 28 heavy (non-hydrogen) atoms. The van der Waals surface area contributed by atoms with Crippen LogP contribution in [0, 0.1) is 0 Å². The number of hydrogen-bond acceptors (Lipinski definition) is 4. The van der Waals surface area contributed by atoms with Crippen molar-refractivity contribution in [1.29, 1.82) is 0 Å². The maximum atomic E-state index is 13.1. The molecule has 3 atom stereocenters. The van der Waals surface area contributed by atoms with Gasteiger partial charge in [0.05, 0.1) is 11.7 Å². The van der Waals surface area contributed by atoms with E-state index in [9.17, 15) is 27.3 Å². The van der Waals surface area contributed by atoms with Crippen LogP contribution in [0.15, 0.2) is 42.6 Å². The number of alkyl halides is 3. The van der Waals surface area contributed by atoms with E-state index in [0.29, 0.717) is 5.69 Å². The lowest BCUT2D eigenvalue weighted by atomic mass is 9.99. The summed E-state index contributed by atoms with van der Waals surface area (Å²) in [6.45, 7) is -1.20. The summed E-state index contributed by atoms with van der Waals surface area (Å²) in [6, 6.07) is 8.16. The van der Waals surface area contributed by atoms with Crippen LogP contribution in [0.3, 0.4) is 0 Å². The van der Waals surface area contributed by atoms with Gasteiger partial charge in [-0.1, -0.05) is 30.3 Å². The van der Waals surface area contributed by atoms with E-state index in [0.717, 1.165) is 11.1 Å². The van der Waals surface area contributed by atoms with Gasteiger partial charge in [0.15, 0.2) is 0 Å². The van der Waals surface area contributed by atoms with Crippen molar-refractivity contribution in [1.82, 2.24) is 10.3 Å². The van der Waals surface area contributed by atoms with Gasteiger partial charge in [-0.15, -0.1) is 0 Å². The molecule has 152 valence electrons. The fourth-order valence-electron chi connectivity index (χ4n) is 2.44. The zero-order chi connectivity index (χ0) is 20.9. The highest BCUT2D eigenvalue weighted by molar-refractivity contribution is 7.98. The predicted molar refractivity (Wildman–Crippen MR) is 102 cm³/mol. The smallest absolute Gasteiger partial charge is 0.315 e. The van der Waals surface area contributed by atoms with Gasteiger partial charge in [0, 0.05) is 33.1 Å². The molecule has 1 heterocycles. The summed E-state index contributed by atoms with van der Waals surface area (Å²) in [5.74, 6) is -1.64. The Morgan fingerprint density at radius 2 is 1.86 bits per heavy atom. The first kappa shape index (κ1) is 21.9. The zero-order valence-electron chi connectivity index (χ0n) is 14.9. The number of hydrogen-bond donors (Lipinski definition) is 3. The van der Waals surface area contributed by atoms with Crippen LogP contribution >= 0.6 is 0 Å². The number of amides is 1. The quantitative estimate of drug-likeness (QED) is 0.595. The van der Waals surface area contributed by atoms with Crippen molar-refractivity contribution in [2.75, 3.05) is 12.9 Å². The maximum absolute atomic E-state index is 13.1. The van der Waals surface area contributed by atoms with Crippen molar-refractivity contribution >= 4 is 21.0 Å². The van der Waals surface area contributed by atoms with Crippen LogP contribution in [-0.2, 0) is 14.5 Å². The van der Waals surface area contributed by atoms with Crippen molar-refractivity contribution < 1.29 is 27.3 Å². The largest absolute Gasteiger partial charge is 0.386 e. The Labute approximate surface area is 160 Å². The molecule has 0 fully saturated rings. The first-order valence-corrected chi connectivity index (χ1v) is 10.2. The number of benzene rings is 1. The van der Waals surface area contributed by atoms with Crippen molar-refractivity contribution in [3.05, 3.63) is 53.9 Å². The van der Waals surface area contributed by atoms with Gasteiger partial charge in [-0.2, -0.15) is 8.78 Å². The van der Waals surface area contributed by atoms with E-state index in [1.165, 1.54) is 23.8 Å². The summed E-state index contributed by atoms with van der Waals surface area (Å²) in [6.07, 6.45) is -1.84. The molecule has 2 rings (SSSR count). The lowest BCUT2D eigenvalue weighted by Gasteiger charge is -2.22. The number of nitrogens with two attached hydrogens (primary N) is 1. The van der Waals surface area contributed by atoms with Crippen LogP contribution in [0.4, 0.5) is 13.2 Å². The lowest BCUT2D eigenvalue weighted by molar-refractivity contribution is -0.133. The van der Waals surface area contributed by atoms with Gasteiger partial charge >= 0.3 is 6.43 Å². The van der Waals surface area contributed by atoms with Crippen molar-refractivity contribution in [3.8, 4) is 11.1 Å². The van der Waals surface area contributed by atoms with Crippen LogP contribution in [0.1, 0.15) is 17.4 Å². The highest BCUT2D eigenvalue weighted by atomic mass is 32.2. The molecule has 3 unspecified atom stereocenters. The second-order valence-corrected chi connectivity index (χ2v) is 8.36. The molecule has 0 aliphatic heterocycles. The van der Waals surface area contributed by atoms with Crippen LogP contribution in [0.2, 0.25) is 0 Å². The number of pyridine rings is 1. The van der Waals surface area contributed by atoms with Gasteiger partial charge in [-0.05, 0) is 17.2 Å². The number of carbonyl (C=O) groups is 1. The molecule has 0 spiro atoms. The number of halogens is 3. The monoisotopic (exact) mass is 415 g/mol. The minimum atomic E-state index is -3.29. The molecule has 0 aliphatic rings. The summed E-state index contributed by atoms with van der Waals surface area (Å²) in [5.41, 5.74) is 2.18. The Morgan fingerprint density at radius 3 is 2.32 bits per heavy atom. The molecule has 1 aromatic carbocycles. The Balaban J connectivity index is 2.16. The molecular weight excluding hydrogens is 395 g/mol. The fraction of sp³-hybridized carbons (Fsp3) is 0.278. The number of rotatable bonds is 7. The number of nitrogens with one attached hydrogen (secondary N) is 1. The molecular formula is C18H20F3N3O3S. The maximum Gasteiger partial charge on any atom is 0.315 e. The molecule has 0 bridgehead atoms. The SMILES string of the molecule is CS(N)(=O)=Cc1ccc(-c2ccc(C(O)C(CF)NC(=O)C(F)F)cc2)cn1. The minimum Gasteiger partial charge on any atom is -0.386 e. The number of aliphatic hydroxyl groups is 1. The third kappa shape index (κ3) is 6.04. The average Bonchev–Trinajstić information content (AvgIpc) is 2.64. The van der Waals surface area contributed by atoms with Gasteiger partial charge in [0.2, 0.25) is 0 Å². The van der Waals surface area contributed by atoms with E-state index in [2.05, 4.69) is 4.98 Å². The number of nitrogens with zero attached hydrogens (tertiary/aromatic N) is 1. The number of carbonyl (C=O) groups excluding carboxylic acids is 1. The lowest BCUT2D eigenvalue weighted by Crippen LogP contribution is -2.43. The molecule has 2 aromatic rings. The molecule has 0 saturated carbocycles. The molecule has 1 amide bonds. The summed E-state index contributed by atoms with van der Waals surface area (Å²) in [7, 11) is -2.57. The molecule has 10 heteroatoms. The number of aromatic nitrogens is 1. The third-order valence-corrected chi connectivity index (χ3v) is 4.51. The predicted octanol–water partition coefficient (Wildman–Crippen LogP) is 1.44. The highest BCUT2D eigenvalue weighted by Gasteiger charge is 2.26. The van der Waals surface area contributed by atoms with Crippen LogP contribution in [-0.4, -0.2) is 51.0 Å². The van der Waals surface area contributed by atoms with E-state index in [1.807, 2.05) is 0 Å². The normalized spacial score (nSPS) is 15.5. The zero-order valence-corrected chi connectivity index (χ0v) is 15.7. The Hall–Kier alpha value is -2.43. The summed E-state index contributed by atoms with van der Waals surface area (Å²) < 4.78 is 49.2. The van der Waals surface area contributed by atoms with E-state index >= 15 is 0 Å². The average molecular weight is 415 g/mol. The van der Waals surface area contributed by atoms with Crippen LogP contribution in [0.25, 0.3) is 11.1 Å². The molecule has 0 aliphatic carbocycles. The minimum absolute atomic E-state index is 0.257.